The highest BCUT2D eigenvalue weighted by Crippen LogP contribution is 2.20. The zero-order valence-electron chi connectivity index (χ0n) is 12.3. The van der Waals surface area contributed by atoms with E-state index in [1.165, 1.54) is 6.07 Å². The molecule has 1 unspecified atom stereocenters. The second-order valence-corrected chi connectivity index (χ2v) is 6.99. The van der Waals surface area contributed by atoms with Gasteiger partial charge in [-0.2, -0.15) is 0 Å². The van der Waals surface area contributed by atoms with E-state index in [1.54, 1.807) is 19.9 Å². The number of sulfonamides is 1. The van der Waals surface area contributed by atoms with Crippen LogP contribution in [0.2, 0.25) is 0 Å². The number of benzene rings is 1. The topological polar surface area (TPSA) is 101 Å². The van der Waals surface area contributed by atoms with Gasteiger partial charge in [0, 0.05) is 18.2 Å². The van der Waals surface area contributed by atoms with Gasteiger partial charge in [0.15, 0.2) is 0 Å². The lowest BCUT2D eigenvalue weighted by molar-refractivity contribution is 0.0950. The zero-order chi connectivity index (χ0) is 15.6. The molecule has 0 spiro atoms. The van der Waals surface area contributed by atoms with Crippen LogP contribution in [0.3, 0.4) is 0 Å². The molecular formula is C14H21N3O3S. The van der Waals surface area contributed by atoms with Crippen LogP contribution in [-0.4, -0.2) is 33.5 Å². The highest BCUT2D eigenvalue weighted by Gasteiger charge is 2.19. The molecule has 0 aromatic heterocycles. The fourth-order valence-corrected chi connectivity index (χ4v) is 3.38. The number of rotatable bonds is 4. The first-order chi connectivity index (χ1) is 9.79. The van der Waals surface area contributed by atoms with Gasteiger partial charge in [-0.1, -0.05) is 0 Å². The van der Waals surface area contributed by atoms with Crippen LogP contribution in [-0.2, 0) is 10.0 Å². The van der Waals surface area contributed by atoms with E-state index in [1.807, 2.05) is 0 Å². The number of carbonyl (C=O) groups is 1. The Morgan fingerprint density at radius 2 is 2.14 bits per heavy atom. The highest BCUT2D eigenvalue weighted by molar-refractivity contribution is 7.89. The van der Waals surface area contributed by atoms with Gasteiger partial charge in [-0.3, -0.25) is 4.79 Å². The van der Waals surface area contributed by atoms with E-state index >= 15 is 0 Å². The van der Waals surface area contributed by atoms with Gasteiger partial charge in [-0.25, -0.2) is 13.6 Å². The van der Waals surface area contributed by atoms with Crippen molar-refractivity contribution < 1.29 is 13.2 Å². The van der Waals surface area contributed by atoms with Crippen molar-refractivity contribution >= 4 is 15.9 Å². The Labute approximate surface area is 125 Å². The highest BCUT2D eigenvalue weighted by atomic mass is 32.2. The minimum atomic E-state index is -3.83. The van der Waals surface area contributed by atoms with Crippen LogP contribution in [0.5, 0.6) is 0 Å². The molecule has 2 rings (SSSR count). The van der Waals surface area contributed by atoms with E-state index in [9.17, 15) is 13.2 Å². The van der Waals surface area contributed by atoms with Crippen molar-refractivity contribution in [2.24, 2.45) is 5.14 Å². The minimum absolute atomic E-state index is 0.00615. The number of primary sulfonamides is 1. The van der Waals surface area contributed by atoms with Crippen molar-refractivity contribution in [1.29, 1.82) is 0 Å². The van der Waals surface area contributed by atoms with Crippen molar-refractivity contribution in [1.82, 2.24) is 10.6 Å². The van der Waals surface area contributed by atoms with Gasteiger partial charge in [0.1, 0.15) is 0 Å². The van der Waals surface area contributed by atoms with Crippen LogP contribution < -0.4 is 15.8 Å². The van der Waals surface area contributed by atoms with Gasteiger partial charge in [0.2, 0.25) is 10.0 Å². The van der Waals surface area contributed by atoms with Crippen molar-refractivity contribution in [3.8, 4) is 0 Å². The Hall–Kier alpha value is -1.44. The summed E-state index contributed by atoms with van der Waals surface area (Å²) in [6.07, 6.45) is 2.15. The first kappa shape index (κ1) is 15.9. The molecule has 1 aliphatic heterocycles. The van der Waals surface area contributed by atoms with Crippen molar-refractivity contribution in [3.05, 3.63) is 28.8 Å². The van der Waals surface area contributed by atoms with Gasteiger partial charge in [0.05, 0.1) is 4.90 Å². The lowest BCUT2D eigenvalue weighted by atomic mass is 10.1. The summed E-state index contributed by atoms with van der Waals surface area (Å²) >= 11 is 0. The van der Waals surface area contributed by atoms with Crippen LogP contribution in [0.4, 0.5) is 0 Å². The van der Waals surface area contributed by atoms with Gasteiger partial charge in [0.25, 0.3) is 5.91 Å². The molecule has 1 aromatic carbocycles. The van der Waals surface area contributed by atoms with Gasteiger partial charge in [-0.15, -0.1) is 0 Å². The Bertz CT molecular complexity index is 650. The summed E-state index contributed by atoms with van der Waals surface area (Å²) in [5.74, 6) is -0.281. The zero-order valence-corrected chi connectivity index (χ0v) is 13.1. The molecule has 21 heavy (non-hydrogen) atoms. The summed E-state index contributed by atoms with van der Waals surface area (Å²) in [4.78, 5) is 12.2. The third-order valence-electron chi connectivity index (χ3n) is 3.86. The van der Waals surface area contributed by atoms with Crippen LogP contribution in [0.1, 0.15) is 34.3 Å². The third kappa shape index (κ3) is 3.81. The summed E-state index contributed by atoms with van der Waals surface area (Å²) < 4.78 is 23.2. The van der Waals surface area contributed by atoms with E-state index < -0.39 is 10.0 Å². The Kier molecular flexibility index (Phi) is 4.65. The Morgan fingerprint density at radius 3 is 2.71 bits per heavy atom. The molecule has 1 aliphatic rings. The maximum absolute atomic E-state index is 12.2. The van der Waals surface area contributed by atoms with Gasteiger partial charge >= 0.3 is 0 Å². The molecule has 1 amide bonds. The number of amides is 1. The number of hydrogen-bond donors (Lipinski definition) is 3. The minimum Gasteiger partial charge on any atom is -0.350 e. The molecule has 7 heteroatoms. The molecule has 1 aromatic rings. The van der Waals surface area contributed by atoms with E-state index in [4.69, 9.17) is 5.14 Å². The SMILES string of the molecule is Cc1cc(C(=O)NCC2CCCN2)cc(S(N)(=O)=O)c1C. The average molecular weight is 311 g/mol. The number of nitrogens with one attached hydrogen (secondary N) is 2. The number of carbonyl (C=O) groups excluding carboxylic acids is 1. The first-order valence-electron chi connectivity index (χ1n) is 6.94. The molecule has 1 fully saturated rings. The predicted octanol–water partition coefficient (Wildman–Crippen LogP) is 0.433. The standard InChI is InChI=1S/C14H21N3O3S/c1-9-6-11(7-13(10(9)2)21(15,19)20)14(18)17-8-12-4-3-5-16-12/h6-7,12,16H,3-5,8H2,1-2H3,(H,17,18)(H2,15,19,20). The van der Waals surface area contributed by atoms with Crippen LogP contribution >= 0.6 is 0 Å². The quantitative estimate of drug-likeness (QED) is 0.750. The molecule has 4 N–H and O–H groups in total. The van der Waals surface area contributed by atoms with Crippen LogP contribution in [0.15, 0.2) is 17.0 Å². The summed E-state index contributed by atoms with van der Waals surface area (Å²) in [6, 6.07) is 3.31. The fourth-order valence-electron chi connectivity index (χ4n) is 2.50. The van der Waals surface area contributed by atoms with Crippen molar-refractivity contribution in [2.45, 2.75) is 37.6 Å². The van der Waals surface area contributed by atoms with E-state index in [0.29, 0.717) is 23.7 Å². The maximum Gasteiger partial charge on any atom is 0.251 e. The third-order valence-corrected chi connectivity index (χ3v) is 4.90. The molecule has 0 saturated carbocycles. The van der Waals surface area contributed by atoms with Crippen LogP contribution in [0.25, 0.3) is 0 Å². The normalized spacial score (nSPS) is 18.7. The van der Waals surface area contributed by atoms with Gasteiger partial charge in [-0.05, 0) is 56.5 Å². The second-order valence-electron chi connectivity index (χ2n) is 5.46. The van der Waals surface area contributed by atoms with Gasteiger partial charge < -0.3 is 10.6 Å². The van der Waals surface area contributed by atoms with Crippen LogP contribution in [0, 0.1) is 13.8 Å². The molecule has 6 nitrogen and oxygen atoms in total. The molecule has 1 atom stereocenters. The average Bonchev–Trinajstić information content (AvgIpc) is 2.90. The molecule has 1 saturated heterocycles. The lowest BCUT2D eigenvalue weighted by Gasteiger charge is -2.13. The Balaban J connectivity index is 2.19. The van der Waals surface area contributed by atoms with Crippen molar-refractivity contribution in [2.75, 3.05) is 13.1 Å². The molecular weight excluding hydrogens is 290 g/mol. The summed E-state index contributed by atoms with van der Waals surface area (Å²) in [7, 11) is -3.83. The lowest BCUT2D eigenvalue weighted by Crippen LogP contribution is -2.37. The van der Waals surface area contributed by atoms with E-state index in [2.05, 4.69) is 10.6 Å². The predicted molar refractivity (Wildman–Crippen MR) is 80.6 cm³/mol. The molecule has 0 radical (unpaired) electrons. The maximum atomic E-state index is 12.2. The summed E-state index contributed by atoms with van der Waals surface area (Å²) in [6.45, 7) is 4.95. The molecule has 0 bridgehead atoms. The first-order valence-corrected chi connectivity index (χ1v) is 8.49. The fraction of sp³-hybridized carbons (Fsp3) is 0.500. The second kappa shape index (κ2) is 6.13. The number of hydrogen-bond acceptors (Lipinski definition) is 4. The Morgan fingerprint density at radius 1 is 1.43 bits per heavy atom. The monoisotopic (exact) mass is 311 g/mol. The molecule has 0 aliphatic carbocycles. The smallest absolute Gasteiger partial charge is 0.251 e. The summed E-state index contributed by atoms with van der Waals surface area (Å²) in [5.41, 5.74) is 1.62. The largest absolute Gasteiger partial charge is 0.350 e. The number of nitrogens with two attached hydrogens (primary N) is 1. The van der Waals surface area contributed by atoms with E-state index in [0.717, 1.165) is 24.9 Å². The molecule has 116 valence electrons. The summed E-state index contributed by atoms with van der Waals surface area (Å²) in [5, 5.41) is 11.3. The van der Waals surface area contributed by atoms with Crippen molar-refractivity contribution in [3.63, 3.8) is 0 Å². The number of aryl methyl sites for hydroxylation is 1. The molecule has 1 heterocycles. The van der Waals surface area contributed by atoms with E-state index in [-0.39, 0.29) is 10.8 Å².